The number of hydrogen-bond donors (Lipinski definition) is 1. The normalized spacial score (nSPS) is 10.7. The van der Waals surface area contributed by atoms with E-state index in [2.05, 4.69) is 10.3 Å². The van der Waals surface area contributed by atoms with Crippen molar-refractivity contribution in [1.29, 1.82) is 0 Å². The Bertz CT molecular complexity index is 759. The summed E-state index contributed by atoms with van der Waals surface area (Å²) in [6.07, 6.45) is 1.70. The third kappa shape index (κ3) is 5.39. The van der Waals surface area contributed by atoms with E-state index in [-0.39, 0.29) is 24.9 Å². The van der Waals surface area contributed by atoms with Crippen molar-refractivity contribution in [3.05, 3.63) is 53.7 Å². The molecule has 0 aliphatic rings. The molecule has 26 heavy (non-hydrogen) atoms. The van der Waals surface area contributed by atoms with Crippen molar-refractivity contribution in [3.63, 3.8) is 0 Å². The minimum absolute atomic E-state index is 0.0365. The number of carbonyl (C=O) groups excluding carboxylic acids is 2. The van der Waals surface area contributed by atoms with E-state index in [4.69, 9.17) is 0 Å². The first-order valence-electron chi connectivity index (χ1n) is 8.67. The lowest BCUT2D eigenvalue weighted by Gasteiger charge is -2.25. The van der Waals surface area contributed by atoms with Crippen molar-refractivity contribution in [2.45, 2.75) is 20.8 Å². The van der Waals surface area contributed by atoms with Crippen LogP contribution in [0.4, 0.5) is 11.5 Å². The van der Waals surface area contributed by atoms with E-state index in [0.717, 1.165) is 16.8 Å². The average Bonchev–Trinajstić information content (AvgIpc) is 2.59. The molecule has 0 saturated heterocycles. The van der Waals surface area contributed by atoms with Gasteiger partial charge in [0.2, 0.25) is 11.8 Å². The Morgan fingerprint density at radius 3 is 2.42 bits per heavy atom. The minimum Gasteiger partial charge on any atom is -0.311 e. The predicted octanol–water partition coefficient (Wildman–Crippen LogP) is 2.62. The molecular weight excluding hydrogens is 328 g/mol. The largest absolute Gasteiger partial charge is 0.311 e. The van der Waals surface area contributed by atoms with Crippen molar-refractivity contribution >= 4 is 23.3 Å². The van der Waals surface area contributed by atoms with Crippen LogP contribution in [-0.2, 0) is 9.59 Å². The summed E-state index contributed by atoms with van der Waals surface area (Å²) in [7, 11) is 1.76. The van der Waals surface area contributed by atoms with Crippen LogP contribution in [0.15, 0.2) is 42.6 Å². The molecule has 0 bridgehead atoms. The Balaban J connectivity index is 1.92. The van der Waals surface area contributed by atoms with Crippen LogP contribution in [0.2, 0.25) is 0 Å². The Labute approximate surface area is 154 Å². The molecule has 1 N–H and O–H groups in total. The van der Waals surface area contributed by atoms with E-state index in [1.165, 1.54) is 0 Å². The second-order valence-corrected chi connectivity index (χ2v) is 6.37. The predicted molar refractivity (Wildman–Crippen MR) is 104 cm³/mol. The second-order valence-electron chi connectivity index (χ2n) is 6.37. The maximum absolute atomic E-state index is 12.7. The Morgan fingerprint density at radius 1 is 1.08 bits per heavy atom. The summed E-state index contributed by atoms with van der Waals surface area (Å²) < 4.78 is 0. The second kappa shape index (κ2) is 9.10. The molecule has 0 atom stereocenters. The minimum atomic E-state index is -0.199. The van der Waals surface area contributed by atoms with E-state index in [1.54, 1.807) is 29.1 Å². The lowest BCUT2D eigenvalue weighted by Crippen LogP contribution is -2.41. The summed E-state index contributed by atoms with van der Waals surface area (Å²) in [6, 6.07) is 11.4. The summed E-state index contributed by atoms with van der Waals surface area (Å²) in [5.41, 5.74) is 2.98. The highest BCUT2D eigenvalue weighted by Crippen LogP contribution is 2.19. The van der Waals surface area contributed by atoms with Crippen LogP contribution in [0.25, 0.3) is 0 Å². The quantitative estimate of drug-likeness (QED) is 0.830. The van der Waals surface area contributed by atoms with Crippen molar-refractivity contribution in [2.75, 3.05) is 36.9 Å². The van der Waals surface area contributed by atoms with E-state index < -0.39 is 0 Å². The molecular formula is C20H26N4O2. The van der Waals surface area contributed by atoms with Gasteiger partial charge in [0.05, 0.1) is 13.1 Å². The number of carbonyl (C=O) groups is 2. The van der Waals surface area contributed by atoms with E-state index in [1.807, 2.05) is 51.1 Å². The smallest absolute Gasteiger partial charge is 0.241 e. The van der Waals surface area contributed by atoms with Gasteiger partial charge >= 0.3 is 0 Å². The molecule has 1 aromatic carbocycles. The average molecular weight is 354 g/mol. The molecule has 0 fully saturated rings. The number of anilines is 2. The van der Waals surface area contributed by atoms with Crippen LogP contribution in [-0.4, -0.2) is 48.4 Å². The first-order chi connectivity index (χ1) is 12.4. The molecule has 1 aromatic heterocycles. The fourth-order valence-electron chi connectivity index (χ4n) is 2.69. The maximum atomic E-state index is 12.7. The Kier molecular flexibility index (Phi) is 6.86. The van der Waals surface area contributed by atoms with Gasteiger partial charge < -0.3 is 10.2 Å². The Hall–Kier alpha value is -2.73. The number of likely N-dealkylation sites (N-methyl/N-ethyl adjacent to an activating group) is 2. The lowest BCUT2D eigenvalue weighted by molar-refractivity contribution is -0.121. The van der Waals surface area contributed by atoms with Crippen LogP contribution in [0, 0.1) is 13.8 Å². The zero-order valence-electron chi connectivity index (χ0n) is 15.8. The number of amides is 2. The molecule has 2 rings (SSSR count). The molecule has 0 radical (unpaired) electrons. The number of hydrogen-bond acceptors (Lipinski definition) is 4. The van der Waals surface area contributed by atoms with Gasteiger partial charge in [0, 0.05) is 18.4 Å². The van der Waals surface area contributed by atoms with Crippen LogP contribution in [0.3, 0.4) is 0 Å². The van der Waals surface area contributed by atoms with Gasteiger partial charge in [-0.05, 0) is 51.1 Å². The molecule has 6 heteroatoms. The number of benzene rings is 1. The third-order valence-electron chi connectivity index (χ3n) is 4.02. The number of rotatable bonds is 7. The molecule has 0 aliphatic carbocycles. The van der Waals surface area contributed by atoms with Crippen LogP contribution in [0.1, 0.15) is 18.1 Å². The number of aryl methyl sites for hydroxylation is 2. The summed E-state index contributed by atoms with van der Waals surface area (Å²) in [4.78, 5) is 32.4. The van der Waals surface area contributed by atoms with E-state index >= 15 is 0 Å². The van der Waals surface area contributed by atoms with Crippen LogP contribution >= 0.6 is 0 Å². The molecule has 2 aromatic rings. The number of aromatic nitrogens is 1. The van der Waals surface area contributed by atoms with Gasteiger partial charge in [-0.15, -0.1) is 0 Å². The van der Waals surface area contributed by atoms with Gasteiger partial charge in [-0.2, -0.15) is 0 Å². The molecule has 0 unspecified atom stereocenters. The monoisotopic (exact) mass is 354 g/mol. The SMILES string of the molecule is CCN(C(=O)CN(C)CC(=O)Nc1ccc(C)cn1)c1ccccc1C. The van der Waals surface area contributed by atoms with Crippen molar-refractivity contribution in [1.82, 2.24) is 9.88 Å². The van der Waals surface area contributed by atoms with E-state index in [9.17, 15) is 9.59 Å². The van der Waals surface area contributed by atoms with Crippen LogP contribution in [0.5, 0.6) is 0 Å². The number of para-hydroxylation sites is 1. The van der Waals surface area contributed by atoms with Crippen molar-refractivity contribution in [3.8, 4) is 0 Å². The van der Waals surface area contributed by atoms with Gasteiger partial charge in [0.15, 0.2) is 0 Å². The summed E-state index contributed by atoms with van der Waals surface area (Å²) in [5.74, 6) is 0.275. The molecule has 138 valence electrons. The van der Waals surface area contributed by atoms with Crippen molar-refractivity contribution < 1.29 is 9.59 Å². The highest BCUT2D eigenvalue weighted by molar-refractivity contribution is 5.96. The zero-order chi connectivity index (χ0) is 19.1. The highest BCUT2D eigenvalue weighted by Gasteiger charge is 2.18. The fraction of sp³-hybridized carbons (Fsp3) is 0.350. The van der Waals surface area contributed by atoms with E-state index in [0.29, 0.717) is 12.4 Å². The summed E-state index contributed by atoms with van der Waals surface area (Å²) >= 11 is 0. The topological polar surface area (TPSA) is 65.5 Å². The highest BCUT2D eigenvalue weighted by atomic mass is 16.2. The molecule has 1 heterocycles. The first-order valence-corrected chi connectivity index (χ1v) is 8.67. The number of nitrogens with one attached hydrogen (secondary N) is 1. The van der Waals surface area contributed by atoms with Gasteiger partial charge in [-0.3, -0.25) is 14.5 Å². The summed E-state index contributed by atoms with van der Waals surface area (Å²) in [5, 5.41) is 2.74. The summed E-state index contributed by atoms with van der Waals surface area (Å²) in [6.45, 7) is 6.73. The van der Waals surface area contributed by atoms with Gasteiger partial charge in [0.25, 0.3) is 0 Å². The molecule has 2 amide bonds. The zero-order valence-corrected chi connectivity index (χ0v) is 15.8. The molecule has 6 nitrogen and oxygen atoms in total. The number of pyridine rings is 1. The standard InChI is InChI=1S/C20H26N4O2/c1-5-24(17-9-7-6-8-16(17)3)20(26)14-23(4)13-19(25)22-18-11-10-15(2)12-21-18/h6-12H,5,13-14H2,1-4H3,(H,21,22,25). The molecule has 0 saturated carbocycles. The maximum Gasteiger partial charge on any atom is 0.241 e. The van der Waals surface area contributed by atoms with Crippen molar-refractivity contribution in [2.24, 2.45) is 0 Å². The first kappa shape index (κ1) is 19.6. The van der Waals surface area contributed by atoms with Gasteiger partial charge in [0.1, 0.15) is 5.82 Å². The third-order valence-corrected chi connectivity index (χ3v) is 4.02. The van der Waals surface area contributed by atoms with Gasteiger partial charge in [-0.1, -0.05) is 24.3 Å². The fourth-order valence-corrected chi connectivity index (χ4v) is 2.69. The molecule has 0 spiro atoms. The number of nitrogens with zero attached hydrogens (tertiary/aromatic N) is 3. The Morgan fingerprint density at radius 2 is 1.81 bits per heavy atom. The van der Waals surface area contributed by atoms with Crippen LogP contribution < -0.4 is 10.2 Å². The van der Waals surface area contributed by atoms with Gasteiger partial charge in [-0.25, -0.2) is 4.98 Å². The lowest BCUT2D eigenvalue weighted by atomic mass is 10.2. The molecule has 0 aliphatic heterocycles.